The van der Waals surface area contributed by atoms with E-state index in [1.54, 1.807) is 18.2 Å². The summed E-state index contributed by atoms with van der Waals surface area (Å²) in [5.41, 5.74) is 0.587. The summed E-state index contributed by atoms with van der Waals surface area (Å²) in [5, 5.41) is 3.00. The smallest absolute Gasteiger partial charge is 0.251 e. The predicted octanol–water partition coefficient (Wildman–Crippen LogP) is 2.15. The first-order valence-electron chi connectivity index (χ1n) is 7.56. The molecule has 5 heteroatoms. The highest BCUT2D eigenvalue weighted by atomic mass is 16.5. The van der Waals surface area contributed by atoms with Crippen molar-refractivity contribution >= 4 is 5.91 Å². The van der Waals surface area contributed by atoms with E-state index in [0.29, 0.717) is 30.3 Å². The quantitative estimate of drug-likeness (QED) is 0.927. The van der Waals surface area contributed by atoms with Crippen molar-refractivity contribution in [3.8, 4) is 11.5 Å². The molecule has 3 rings (SSSR count). The third-order valence-electron chi connectivity index (χ3n) is 3.89. The maximum absolute atomic E-state index is 12.3. The van der Waals surface area contributed by atoms with E-state index in [1.165, 1.54) is 0 Å². The van der Waals surface area contributed by atoms with Crippen LogP contribution in [0.5, 0.6) is 11.5 Å². The van der Waals surface area contributed by atoms with Gasteiger partial charge in [0.1, 0.15) is 0 Å². The molecule has 0 radical (unpaired) electrons. The van der Waals surface area contributed by atoms with Crippen molar-refractivity contribution in [1.82, 2.24) is 5.32 Å². The Morgan fingerprint density at radius 2 is 2.00 bits per heavy atom. The minimum Gasteiger partial charge on any atom is -0.490 e. The number of hydrogen-bond acceptors (Lipinski definition) is 4. The van der Waals surface area contributed by atoms with Crippen molar-refractivity contribution in [2.24, 2.45) is 0 Å². The summed E-state index contributed by atoms with van der Waals surface area (Å²) in [6.45, 7) is 4.03. The number of nitrogens with one attached hydrogen (secondary N) is 1. The third-order valence-corrected chi connectivity index (χ3v) is 3.89. The van der Waals surface area contributed by atoms with Gasteiger partial charge in [0.2, 0.25) is 0 Å². The van der Waals surface area contributed by atoms with Gasteiger partial charge in [-0.05, 0) is 38.0 Å². The Bertz CT molecular complexity index is 511. The van der Waals surface area contributed by atoms with E-state index in [2.05, 4.69) is 5.32 Å². The van der Waals surface area contributed by atoms with Gasteiger partial charge in [-0.1, -0.05) is 0 Å². The van der Waals surface area contributed by atoms with Crippen LogP contribution in [0.2, 0.25) is 0 Å². The highest BCUT2D eigenvalue weighted by Gasteiger charge is 2.24. The first kappa shape index (κ1) is 14.2. The predicted molar refractivity (Wildman–Crippen MR) is 78.0 cm³/mol. The SMILES string of the molecule is C[C@@H](NC(=O)c1ccc2c(c1)OCCCO2)[C@H]1CCCO1. The van der Waals surface area contributed by atoms with E-state index in [1.807, 2.05) is 6.92 Å². The number of benzene rings is 1. The molecule has 0 unspecified atom stereocenters. The van der Waals surface area contributed by atoms with E-state index >= 15 is 0 Å². The number of rotatable bonds is 3. The molecule has 1 aromatic rings. The molecule has 0 bridgehead atoms. The summed E-state index contributed by atoms with van der Waals surface area (Å²) >= 11 is 0. The monoisotopic (exact) mass is 291 g/mol. The number of ether oxygens (including phenoxy) is 3. The lowest BCUT2D eigenvalue weighted by atomic mass is 10.1. The van der Waals surface area contributed by atoms with Crippen molar-refractivity contribution < 1.29 is 19.0 Å². The zero-order valence-corrected chi connectivity index (χ0v) is 12.3. The van der Waals surface area contributed by atoms with E-state index in [4.69, 9.17) is 14.2 Å². The molecule has 2 aliphatic rings. The van der Waals surface area contributed by atoms with Gasteiger partial charge in [-0.3, -0.25) is 4.79 Å². The third kappa shape index (κ3) is 3.29. The van der Waals surface area contributed by atoms with Gasteiger partial charge in [-0.2, -0.15) is 0 Å². The van der Waals surface area contributed by atoms with E-state index in [-0.39, 0.29) is 18.1 Å². The zero-order valence-electron chi connectivity index (χ0n) is 12.3. The zero-order chi connectivity index (χ0) is 14.7. The van der Waals surface area contributed by atoms with Crippen molar-refractivity contribution in [3.63, 3.8) is 0 Å². The van der Waals surface area contributed by atoms with Crippen molar-refractivity contribution in [2.45, 2.75) is 38.3 Å². The summed E-state index contributed by atoms with van der Waals surface area (Å²) in [5.74, 6) is 1.25. The summed E-state index contributed by atoms with van der Waals surface area (Å²) in [6, 6.07) is 5.33. The fourth-order valence-corrected chi connectivity index (χ4v) is 2.68. The van der Waals surface area contributed by atoms with Crippen LogP contribution in [0.15, 0.2) is 18.2 Å². The van der Waals surface area contributed by atoms with Crippen LogP contribution in [0.4, 0.5) is 0 Å². The molecule has 114 valence electrons. The van der Waals surface area contributed by atoms with Crippen molar-refractivity contribution in [3.05, 3.63) is 23.8 Å². The molecule has 1 saturated heterocycles. The normalized spacial score (nSPS) is 22.4. The van der Waals surface area contributed by atoms with Crippen LogP contribution in [0.1, 0.15) is 36.5 Å². The highest BCUT2D eigenvalue weighted by molar-refractivity contribution is 5.95. The molecule has 1 aromatic carbocycles. The average molecular weight is 291 g/mol. The van der Waals surface area contributed by atoms with Gasteiger partial charge < -0.3 is 19.5 Å². The Morgan fingerprint density at radius 3 is 2.76 bits per heavy atom. The number of hydrogen-bond donors (Lipinski definition) is 1. The minimum atomic E-state index is -0.103. The van der Waals surface area contributed by atoms with Gasteiger partial charge >= 0.3 is 0 Å². The van der Waals surface area contributed by atoms with Crippen LogP contribution < -0.4 is 14.8 Å². The largest absolute Gasteiger partial charge is 0.490 e. The first-order valence-corrected chi connectivity index (χ1v) is 7.56. The Hall–Kier alpha value is -1.75. The average Bonchev–Trinajstić information content (AvgIpc) is 2.92. The van der Waals surface area contributed by atoms with Crippen molar-refractivity contribution in [1.29, 1.82) is 0 Å². The van der Waals surface area contributed by atoms with Gasteiger partial charge in [0.25, 0.3) is 5.91 Å². The number of carbonyl (C=O) groups excluding carboxylic acids is 1. The second-order valence-electron chi connectivity index (χ2n) is 5.53. The summed E-state index contributed by atoms with van der Waals surface area (Å²) in [6.07, 6.45) is 3.04. The van der Waals surface area contributed by atoms with Crippen LogP contribution >= 0.6 is 0 Å². The summed E-state index contributed by atoms with van der Waals surface area (Å²) in [4.78, 5) is 12.3. The maximum atomic E-state index is 12.3. The molecule has 0 spiro atoms. The minimum absolute atomic E-state index is 0.0102. The number of amides is 1. The first-order chi connectivity index (χ1) is 10.2. The topological polar surface area (TPSA) is 56.8 Å². The molecular formula is C16H21NO4. The van der Waals surface area contributed by atoms with Gasteiger partial charge in [0, 0.05) is 18.6 Å². The number of carbonyl (C=O) groups is 1. The molecular weight excluding hydrogens is 270 g/mol. The van der Waals surface area contributed by atoms with E-state index < -0.39 is 0 Å². The molecule has 1 amide bonds. The molecule has 5 nitrogen and oxygen atoms in total. The molecule has 2 atom stereocenters. The Kier molecular flexibility index (Phi) is 4.29. The standard InChI is InChI=1S/C16H21NO4/c1-11(13-4-2-7-19-13)17-16(18)12-5-6-14-15(10-12)21-9-3-8-20-14/h5-6,10-11,13H,2-4,7-9H2,1H3,(H,17,18)/t11-,13-/m1/s1. The molecule has 0 saturated carbocycles. The molecule has 21 heavy (non-hydrogen) atoms. The molecule has 0 aromatic heterocycles. The molecule has 0 aliphatic carbocycles. The Balaban J connectivity index is 1.68. The number of fused-ring (bicyclic) bond motifs is 1. The lowest BCUT2D eigenvalue weighted by Crippen LogP contribution is -2.40. The van der Waals surface area contributed by atoms with Crippen LogP contribution in [0.25, 0.3) is 0 Å². The fraction of sp³-hybridized carbons (Fsp3) is 0.562. The van der Waals surface area contributed by atoms with Crippen LogP contribution in [0.3, 0.4) is 0 Å². The molecule has 1 fully saturated rings. The van der Waals surface area contributed by atoms with E-state index in [0.717, 1.165) is 25.9 Å². The van der Waals surface area contributed by atoms with Gasteiger partial charge in [0.05, 0.1) is 25.4 Å². The second kappa shape index (κ2) is 6.35. The van der Waals surface area contributed by atoms with Crippen LogP contribution in [-0.2, 0) is 4.74 Å². The maximum Gasteiger partial charge on any atom is 0.251 e. The van der Waals surface area contributed by atoms with Crippen LogP contribution in [-0.4, -0.2) is 37.9 Å². The molecule has 1 N–H and O–H groups in total. The Labute approximate surface area is 124 Å². The lowest BCUT2D eigenvalue weighted by Gasteiger charge is -2.20. The Morgan fingerprint density at radius 1 is 1.19 bits per heavy atom. The van der Waals surface area contributed by atoms with Gasteiger partial charge in [-0.25, -0.2) is 0 Å². The second-order valence-corrected chi connectivity index (χ2v) is 5.53. The van der Waals surface area contributed by atoms with Crippen LogP contribution in [0, 0.1) is 0 Å². The highest BCUT2D eigenvalue weighted by Crippen LogP contribution is 2.30. The van der Waals surface area contributed by atoms with E-state index in [9.17, 15) is 4.79 Å². The fourth-order valence-electron chi connectivity index (χ4n) is 2.68. The molecule has 2 heterocycles. The van der Waals surface area contributed by atoms with Gasteiger partial charge in [0.15, 0.2) is 11.5 Å². The molecule has 2 aliphatic heterocycles. The van der Waals surface area contributed by atoms with Crippen molar-refractivity contribution in [2.75, 3.05) is 19.8 Å². The lowest BCUT2D eigenvalue weighted by molar-refractivity contribution is 0.0712. The summed E-state index contributed by atoms with van der Waals surface area (Å²) in [7, 11) is 0. The summed E-state index contributed by atoms with van der Waals surface area (Å²) < 4.78 is 16.8. The van der Waals surface area contributed by atoms with Gasteiger partial charge in [-0.15, -0.1) is 0 Å².